The standard InChI is InChI=1S/C15H15N9O2S/c1-9-12(13(25)24(22(9)2)10-6-4-3-5-7-10)23-15(19-20-21-23)27-8-11-17-18-14(16)26-11/h3-7H,8H2,1-2H3,(H2,16,18). The highest BCUT2D eigenvalue weighted by atomic mass is 32.2. The van der Waals surface area contributed by atoms with Crippen LogP contribution >= 0.6 is 11.8 Å². The molecular weight excluding hydrogens is 370 g/mol. The molecule has 4 aromatic rings. The third-order valence-electron chi connectivity index (χ3n) is 3.98. The Morgan fingerprint density at radius 1 is 1.19 bits per heavy atom. The van der Waals surface area contributed by atoms with E-state index in [1.807, 2.05) is 44.3 Å². The summed E-state index contributed by atoms with van der Waals surface area (Å²) in [6.45, 7) is 1.84. The zero-order valence-electron chi connectivity index (χ0n) is 14.5. The van der Waals surface area contributed by atoms with Crippen molar-refractivity contribution in [1.29, 1.82) is 0 Å². The maximum Gasteiger partial charge on any atom is 0.312 e. The smallest absolute Gasteiger partial charge is 0.312 e. The van der Waals surface area contributed by atoms with Crippen molar-refractivity contribution in [3.63, 3.8) is 0 Å². The van der Waals surface area contributed by atoms with Gasteiger partial charge in [-0.2, -0.15) is 4.68 Å². The number of nitrogen functional groups attached to an aromatic ring is 1. The van der Waals surface area contributed by atoms with Crippen LogP contribution in [0.1, 0.15) is 11.6 Å². The van der Waals surface area contributed by atoms with Gasteiger partial charge in [-0.25, -0.2) is 4.68 Å². The van der Waals surface area contributed by atoms with Gasteiger partial charge >= 0.3 is 6.01 Å². The Hall–Kier alpha value is -3.41. The number of nitrogens with zero attached hydrogens (tertiary/aromatic N) is 8. The van der Waals surface area contributed by atoms with Gasteiger partial charge in [-0.05, 0) is 29.5 Å². The lowest BCUT2D eigenvalue weighted by Crippen LogP contribution is -2.22. The van der Waals surface area contributed by atoms with E-state index >= 15 is 0 Å². The van der Waals surface area contributed by atoms with Crippen LogP contribution in [-0.2, 0) is 12.8 Å². The maximum atomic E-state index is 13.1. The Kier molecular flexibility index (Phi) is 4.24. The molecule has 2 N–H and O–H groups in total. The molecule has 0 fully saturated rings. The number of hydrogen-bond acceptors (Lipinski definition) is 9. The van der Waals surface area contributed by atoms with Crippen molar-refractivity contribution in [2.75, 3.05) is 5.73 Å². The first kappa shape index (κ1) is 17.0. The average Bonchev–Trinajstić information content (AvgIpc) is 3.34. The molecule has 0 amide bonds. The van der Waals surface area contributed by atoms with Crippen LogP contribution in [0, 0.1) is 6.92 Å². The molecule has 3 heterocycles. The lowest BCUT2D eigenvalue weighted by atomic mass is 10.3. The second-order valence-corrected chi connectivity index (χ2v) is 6.55. The summed E-state index contributed by atoms with van der Waals surface area (Å²) >= 11 is 1.26. The van der Waals surface area contributed by atoms with Gasteiger partial charge in [-0.15, -0.1) is 10.2 Å². The number of thioether (sulfide) groups is 1. The summed E-state index contributed by atoms with van der Waals surface area (Å²) in [7, 11) is 1.81. The largest absolute Gasteiger partial charge is 0.407 e. The number of aromatic nitrogens is 8. The molecule has 0 bridgehead atoms. The molecule has 0 spiro atoms. The Labute approximate surface area is 156 Å². The highest BCUT2D eigenvalue weighted by Crippen LogP contribution is 2.23. The topological polar surface area (TPSA) is 135 Å². The molecule has 3 aromatic heterocycles. The molecule has 0 saturated heterocycles. The highest BCUT2D eigenvalue weighted by Gasteiger charge is 2.22. The van der Waals surface area contributed by atoms with E-state index in [0.29, 0.717) is 22.5 Å². The highest BCUT2D eigenvalue weighted by molar-refractivity contribution is 7.98. The number of hydrogen-bond donors (Lipinski definition) is 1. The Bertz CT molecular complexity index is 1140. The lowest BCUT2D eigenvalue weighted by Gasteiger charge is -2.07. The molecular formula is C15H15N9O2S. The first-order valence-electron chi connectivity index (χ1n) is 7.89. The van der Waals surface area contributed by atoms with E-state index in [2.05, 4.69) is 25.7 Å². The Morgan fingerprint density at radius 3 is 2.67 bits per heavy atom. The van der Waals surface area contributed by atoms with Crippen LogP contribution in [0.5, 0.6) is 0 Å². The van der Waals surface area contributed by atoms with Crippen LogP contribution in [0.3, 0.4) is 0 Å². The normalized spacial score (nSPS) is 11.2. The minimum Gasteiger partial charge on any atom is -0.407 e. The molecule has 11 nitrogen and oxygen atoms in total. The quantitative estimate of drug-likeness (QED) is 0.493. The first-order valence-corrected chi connectivity index (χ1v) is 8.88. The predicted octanol–water partition coefficient (Wildman–Crippen LogP) is 0.718. The fourth-order valence-corrected chi connectivity index (χ4v) is 3.37. The fourth-order valence-electron chi connectivity index (χ4n) is 2.66. The average molecular weight is 385 g/mol. The van der Waals surface area contributed by atoms with Crippen LogP contribution < -0.4 is 11.3 Å². The summed E-state index contributed by atoms with van der Waals surface area (Å²) in [4.78, 5) is 13.1. The number of anilines is 1. The third kappa shape index (κ3) is 2.99. The summed E-state index contributed by atoms with van der Waals surface area (Å²) in [6.07, 6.45) is 0. The monoisotopic (exact) mass is 385 g/mol. The van der Waals surface area contributed by atoms with Gasteiger partial charge in [-0.1, -0.05) is 35.1 Å². The van der Waals surface area contributed by atoms with E-state index in [1.54, 1.807) is 9.36 Å². The van der Waals surface area contributed by atoms with Crippen LogP contribution in [0.25, 0.3) is 11.4 Å². The van der Waals surface area contributed by atoms with Crippen molar-refractivity contribution < 1.29 is 4.42 Å². The number of benzene rings is 1. The Balaban J connectivity index is 1.73. The van der Waals surface area contributed by atoms with Crippen molar-refractivity contribution in [2.24, 2.45) is 7.05 Å². The second-order valence-electron chi connectivity index (χ2n) is 5.61. The van der Waals surface area contributed by atoms with Crippen LogP contribution in [0.15, 0.2) is 44.7 Å². The van der Waals surface area contributed by atoms with E-state index in [1.165, 1.54) is 16.4 Å². The number of para-hydroxylation sites is 1. The van der Waals surface area contributed by atoms with Crippen molar-refractivity contribution in [3.8, 4) is 11.4 Å². The predicted molar refractivity (Wildman–Crippen MR) is 96.7 cm³/mol. The van der Waals surface area contributed by atoms with Gasteiger partial charge < -0.3 is 10.2 Å². The van der Waals surface area contributed by atoms with Crippen molar-refractivity contribution in [3.05, 3.63) is 52.3 Å². The summed E-state index contributed by atoms with van der Waals surface area (Å²) in [5.74, 6) is 0.669. The zero-order chi connectivity index (χ0) is 19.0. The number of tetrazole rings is 1. The molecule has 0 atom stereocenters. The van der Waals surface area contributed by atoms with Crippen LogP contribution in [-0.4, -0.2) is 39.8 Å². The van der Waals surface area contributed by atoms with Gasteiger partial charge in [0, 0.05) is 7.05 Å². The van der Waals surface area contributed by atoms with E-state index < -0.39 is 0 Å². The summed E-state index contributed by atoms with van der Waals surface area (Å²) < 4.78 is 9.90. The fraction of sp³-hybridized carbons (Fsp3) is 0.200. The molecule has 12 heteroatoms. The molecule has 0 aliphatic carbocycles. The molecule has 0 aliphatic heterocycles. The van der Waals surface area contributed by atoms with Crippen molar-refractivity contribution in [2.45, 2.75) is 17.8 Å². The van der Waals surface area contributed by atoms with E-state index in [9.17, 15) is 4.79 Å². The van der Waals surface area contributed by atoms with Gasteiger partial charge in [0.15, 0.2) is 5.69 Å². The van der Waals surface area contributed by atoms with E-state index in [0.717, 1.165) is 11.4 Å². The molecule has 27 heavy (non-hydrogen) atoms. The molecule has 4 rings (SSSR count). The molecule has 0 saturated carbocycles. The SMILES string of the molecule is Cc1c(-n2nnnc2SCc2nnc(N)o2)c(=O)n(-c2ccccc2)n1C. The minimum absolute atomic E-state index is 0.00477. The minimum atomic E-state index is -0.225. The van der Waals surface area contributed by atoms with Crippen LogP contribution in [0.4, 0.5) is 6.01 Å². The van der Waals surface area contributed by atoms with Gasteiger partial charge in [0.25, 0.3) is 5.56 Å². The Morgan fingerprint density at radius 2 is 1.96 bits per heavy atom. The van der Waals surface area contributed by atoms with Crippen LogP contribution in [0.2, 0.25) is 0 Å². The lowest BCUT2D eigenvalue weighted by molar-refractivity contribution is 0.533. The zero-order valence-corrected chi connectivity index (χ0v) is 15.3. The maximum absolute atomic E-state index is 13.1. The van der Waals surface area contributed by atoms with Gasteiger partial charge in [-0.3, -0.25) is 9.48 Å². The van der Waals surface area contributed by atoms with Crippen molar-refractivity contribution >= 4 is 17.8 Å². The molecule has 1 aromatic carbocycles. The van der Waals surface area contributed by atoms with Gasteiger partial charge in [0.2, 0.25) is 11.0 Å². The number of rotatable bonds is 5. The molecule has 0 radical (unpaired) electrons. The second kappa shape index (κ2) is 6.72. The summed E-state index contributed by atoms with van der Waals surface area (Å²) in [6, 6.07) is 9.36. The first-order chi connectivity index (χ1) is 13.1. The number of nitrogens with two attached hydrogens (primary N) is 1. The van der Waals surface area contributed by atoms with Crippen molar-refractivity contribution in [1.82, 2.24) is 39.8 Å². The van der Waals surface area contributed by atoms with Gasteiger partial charge in [0.05, 0.1) is 17.1 Å². The third-order valence-corrected chi connectivity index (χ3v) is 4.89. The summed E-state index contributed by atoms with van der Waals surface area (Å²) in [5.41, 5.74) is 7.05. The van der Waals surface area contributed by atoms with E-state index in [4.69, 9.17) is 10.2 Å². The molecule has 0 aliphatic rings. The van der Waals surface area contributed by atoms with Gasteiger partial charge in [0.1, 0.15) is 0 Å². The molecule has 0 unspecified atom stereocenters. The summed E-state index contributed by atoms with van der Waals surface area (Å²) in [5, 5.41) is 19.5. The molecule has 138 valence electrons. The van der Waals surface area contributed by atoms with E-state index in [-0.39, 0.29) is 11.6 Å².